The Kier molecular flexibility index (Phi) is 5.59. The summed E-state index contributed by atoms with van der Waals surface area (Å²) in [5.41, 5.74) is 1.51. The highest BCUT2D eigenvalue weighted by Crippen LogP contribution is 2.13. The van der Waals surface area contributed by atoms with Crippen molar-refractivity contribution in [1.29, 1.82) is 0 Å². The van der Waals surface area contributed by atoms with Crippen LogP contribution in [0.4, 0.5) is 10.5 Å². The van der Waals surface area contributed by atoms with Gasteiger partial charge in [0.1, 0.15) is 0 Å². The van der Waals surface area contributed by atoms with Crippen LogP contribution in [0.2, 0.25) is 5.02 Å². The number of hydrogen-bond acceptors (Lipinski definition) is 3. The normalized spacial score (nSPS) is 11.0. The van der Waals surface area contributed by atoms with Crippen LogP contribution in [0.1, 0.15) is 5.56 Å². The third-order valence-corrected chi connectivity index (χ3v) is 4.61. The third kappa shape index (κ3) is 5.24. The number of carbonyl (C=O) groups excluding carboxylic acids is 1. The minimum absolute atomic E-state index is 0.142. The standard InChI is InChI=1S/C15H16ClN3O3S/c1-11-2-8-14(9-3-11)23(21,22)18-10-17-15(20)19-13-6-4-12(16)5-7-13/h2-9,18H,10H2,1H3,(H2,17,19,20). The number of halogens is 1. The van der Waals surface area contributed by atoms with Crippen molar-refractivity contribution < 1.29 is 13.2 Å². The van der Waals surface area contributed by atoms with E-state index >= 15 is 0 Å². The molecule has 0 saturated heterocycles. The van der Waals surface area contributed by atoms with Crippen molar-refractivity contribution in [1.82, 2.24) is 10.0 Å². The molecule has 0 bridgehead atoms. The van der Waals surface area contributed by atoms with Crippen LogP contribution in [-0.2, 0) is 10.0 Å². The van der Waals surface area contributed by atoms with E-state index in [0.717, 1.165) is 5.56 Å². The van der Waals surface area contributed by atoms with Crippen LogP contribution < -0.4 is 15.4 Å². The Balaban J connectivity index is 1.85. The van der Waals surface area contributed by atoms with Gasteiger partial charge in [-0.05, 0) is 43.3 Å². The minimum atomic E-state index is -3.66. The van der Waals surface area contributed by atoms with Crippen molar-refractivity contribution in [2.75, 3.05) is 12.0 Å². The minimum Gasteiger partial charge on any atom is -0.324 e. The number of hydrogen-bond donors (Lipinski definition) is 3. The van der Waals surface area contributed by atoms with E-state index in [1.54, 1.807) is 36.4 Å². The summed E-state index contributed by atoms with van der Waals surface area (Å²) in [7, 11) is -3.66. The van der Waals surface area contributed by atoms with Crippen LogP contribution in [-0.4, -0.2) is 21.1 Å². The molecule has 0 fully saturated rings. The highest BCUT2D eigenvalue weighted by Gasteiger charge is 2.13. The molecule has 23 heavy (non-hydrogen) atoms. The zero-order valence-electron chi connectivity index (χ0n) is 12.3. The summed E-state index contributed by atoms with van der Waals surface area (Å²) < 4.78 is 26.3. The van der Waals surface area contributed by atoms with Crippen LogP contribution in [0.15, 0.2) is 53.4 Å². The monoisotopic (exact) mass is 353 g/mol. The summed E-state index contributed by atoms with van der Waals surface area (Å²) in [5, 5.41) is 5.53. The molecule has 3 N–H and O–H groups in total. The SMILES string of the molecule is Cc1ccc(S(=O)(=O)NCNC(=O)Nc2ccc(Cl)cc2)cc1. The molecule has 2 amide bonds. The second-order valence-corrected chi connectivity index (χ2v) is 6.98. The topological polar surface area (TPSA) is 87.3 Å². The largest absolute Gasteiger partial charge is 0.324 e. The van der Waals surface area contributed by atoms with Crippen molar-refractivity contribution in [3.05, 3.63) is 59.1 Å². The van der Waals surface area contributed by atoms with Crippen LogP contribution in [0, 0.1) is 6.92 Å². The van der Waals surface area contributed by atoms with Crippen molar-refractivity contribution in [2.24, 2.45) is 0 Å². The molecular weight excluding hydrogens is 338 g/mol. The fourth-order valence-corrected chi connectivity index (χ4v) is 2.77. The zero-order chi connectivity index (χ0) is 16.9. The van der Waals surface area contributed by atoms with Gasteiger partial charge >= 0.3 is 6.03 Å². The summed E-state index contributed by atoms with van der Waals surface area (Å²) in [5.74, 6) is 0. The smallest absolute Gasteiger partial charge is 0.320 e. The van der Waals surface area contributed by atoms with E-state index in [4.69, 9.17) is 11.6 Å². The highest BCUT2D eigenvalue weighted by molar-refractivity contribution is 7.89. The van der Waals surface area contributed by atoms with E-state index < -0.39 is 16.1 Å². The maximum absolute atomic E-state index is 12.0. The molecule has 2 aromatic carbocycles. The first-order chi connectivity index (χ1) is 10.9. The van der Waals surface area contributed by atoms with Crippen LogP contribution in [0.5, 0.6) is 0 Å². The van der Waals surface area contributed by atoms with Crippen LogP contribution >= 0.6 is 11.6 Å². The summed E-state index contributed by atoms with van der Waals surface area (Å²) in [6.45, 7) is 1.64. The van der Waals surface area contributed by atoms with Crippen molar-refractivity contribution in [2.45, 2.75) is 11.8 Å². The Morgan fingerprint density at radius 2 is 1.65 bits per heavy atom. The molecule has 6 nitrogen and oxygen atoms in total. The maximum Gasteiger partial charge on any atom is 0.320 e. The number of carbonyl (C=O) groups is 1. The molecular formula is C15H16ClN3O3S. The van der Waals surface area contributed by atoms with E-state index in [2.05, 4.69) is 15.4 Å². The fourth-order valence-electron chi connectivity index (χ4n) is 1.72. The molecule has 122 valence electrons. The molecule has 0 heterocycles. The van der Waals surface area contributed by atoms with Gasteiger partial charge in [-0.15, -0.1) is 0 Å². The molecule has 0 aromatic heterocycles. The summed E-state index contributed by atoms with van der Waals surface area (Å²) >= 11 is 5.74. The zero-order valence-corrected chi connectivity index (χ0v) is 13.9. The lowest BCUT2D eigenvalue weighted by atomic mass is 10.2. The summed E-state index contributed by atoms with van der Waals surface area (Å²) in [6, 6.07) is 12.4. The molecule has 0 saturated carbocycles. The van der Waals surface area contributed by atoms with Crippen molar-refractivity contribution in [3.63, 3.8) is 0 Å². The average molecular weight is 354 g/mol. The molecule has 2 aromatic rings. The second kappa shape index (κ2) is 7.45. The van der Waals surface area contributed by atoms with Gasteiger partial charge in [-0.3, -0.25) is 0 Å². The summed E-state index contributed by atoms with van der Waals surface area (Å²) in [6.07, 6.45) is 0. The average Bonchev–Trinajstić information content (AvgIpc) is 2.50. The first kappa shape index (κ1) is 17.3. The predicted octanol–water partition coefficient (Wildman–Crippen LogP) is 2.71. The second-order valence-electron chi connectivity index (χ2n) is 4.78. The van der Waals surface area contributed by atoms with Gasteiger partial charge in [0.05, 0.1) is 11.6 Å². The number of nitrogens with one attached hydrogen (secondary N) is 3. The number of anilines is 1. The quantitative estimate of drug-likeness (QED) is 0.722. The van der Waals surface area contributed by atoms with Gasteiger partial charge in [0.25, 0.3) is 0 Å². The molecule has 0 unspecified atom stereocenters. The van der Waals surface area contributed by atoms with Gasteiger partial charge in [-0.2, -0.15) is 4.72 Å². The number of urea groups is 1. The Morgan fingerprint density at radius 1 is 1.04 bits per heavy atom. The van der Waals surface area contributed by atoms with Crippen LogP contribution in [0.25, 0.3) is 0 Å². The summed E-state index contributed by atoms with van der Waals surface area (Å²) in [4.78, 5) is 11.8. The van der Waals surface area contributed by atoms with Gasteiger partial charge in [-0.25, -0.2) is 13.2 Å². The lowest BCUT2D eigenvalue weighted by Gasteiger charge is -2.10. The molecule has 0 spiro atoms. The molecule has 0 aliphatic carbocycles. The first-order valence-corrected chi connectivity index (χ1v) is 8.60. The Bertz CT molecular complexity index is 775. The molecule has 0 atom stereocenters. The van der Waals surface area contributed by atoms with E-state index in [-0.39, 0.29) is 11.6 Å². The van der Waals surface area contributed by atoms with E-state index in [1.807, 2.05) is 6.92 Å². The molecule has 0 aliphatic rings. The van der Waals surface area contributed by atoms with Gasteiger partial charge < -0.3 is 10.6 Å². The fraction of sp³-hybridized carbons (Fsp3) is 0.133. The number of aryl methyl sites for hydroxylation is 1. The molecule has 0 aliphatic heterocycles. The highest BCUT2D eigenvalue weighted by atomic mass is 35.5. The predicted molar refractivity (Wildman–Crippen MR) is 90.0 cm³/mol. The Labute approximate surface area is 139 Å². The molecule has 0 radical (unpaired) electrons. The van der Waals surface area contributed by atoms with Gasteiger partial charge in [0.2, 0.25) is 10.0 Å². The molecule has 2 rings (SSSR count). The maximum atomic E-state index is 12.0. The number of amides is 2. The van der Waals surface area contributed by atoms with E-state index in [9.17, 15) is 13.2 Å². The van der Waals surface area contributed by atoms with Gasteiger partial charge in [0.15, 0.2) is 0 Å². The van der Waals surface area contributed by atoms with Gasteiger partial charge in [0, 0.05) is 10.7 Å². The van der Waals surface area contributed by atoms with Crippen molar-refractivity contribution >= 4 is 33.3 Å². The lowest BCUT2D eigenvalue weighted by molar-refractivity contribution is 0.252. The number of rotatable bonds is 5. The van der Waals surface area contributed by atoms with E-state index in [0.29, 0.717) is 10.7 Å². The van der Waals surface area contributed by atoms with Crippen LogP contribution in [0.3, 0.4) is 0 Å². The number of benzene rings is 2. The lowest BCUT2D eigenvalue weighted by Crippen LogP contribution is -2.39. The first-order valence-electron chi connectivity index (χ1n) is 6.73. The van der Waals surface area contributed by atoms with Crippen molar-refractivity contribution in [3.8, 4) is 0 Å². The van der Waals surface area contributed by atoms with Gasteiger partial charge in [-0.1, -0.05) is 29.3 Å². The number of sulfonamides is 1. The Morgan fingerprint density at radius 3 is 2.26 bits per heavy atom. The van der Waals surface area contributed by atoms with E-state index in [1.165, 1.54) is 12.1 Å². The third-order valence-electron chi connectivity index (χ3n) is 2.94. The molecule has 8 heteroatoms. The Hall–Kier alpha value is -2.09.